The molecular formula is C23H32O5. The van der Waals surface area contributed by atoms with Gasteiger partial charge >= 0.3 is 5.97 Å². The van der Waals surface area contributed by atoms with E-state index in [4.69, 9.17) is 4.74 Å². The van der Waals surface area contributed by atoms with E-state index in [9.17, 15) is 20.1 Å². The van der Waals surface area contributed by atoms with Gasteiger partial charge in [-0.05, 0) is 73.7 Å². The van der Waals surface area contributed by atoms with Crippen molar-refractivity contribution in [2.75, 3.05) is 13.2 Å². The van der Waals surface area contributed by atoms with Crippen molar-refractivity contribution in [1.82, 2.24) is 0 Å². The second kappa shape index (κ2) is 6.16. The smallest absolute Gasteiger partial charge is 0.331 e. The third-order valence-electron chi connectivity index (χ3n) is 9.28. The van der Waals surface area contributed by atoms with Crippen LogP contribution in [0.15, 0.2) is 23.3 Å². The molecule has 5 rings (SSSR count). The third kappa shape index (κ3) is 2.33. The number of carbonyl (C=O) groups is 1. The summed E-state index contributed by atoms with van der Waals surface area (Å²) in [5.74, 6) is 0.750. The molecule has 0 aromatic heterocycles. The zero-order valence-corrected chi connectivity index (χ0v) is 16.7. The number of carbonyl (C=O) groups excluding carboxylic acids is 1. The molecule has 0 unspecified atom stereocenters. The molecule has 5 aliphatic rings. The lowest BCUT2D eigenvalue weighted by Gasteiger charge is -2.63. The summed E-state index contributed by atoms with van der Waals surface area (Å²) in [6, 6.07) is 0. The van der Waals surface area contributed by atoms with Gasteiger partial charge in [0.2, 0.25) is 0 Å². The summed E-state index contributed by atoms with van der Waals surface area (Å²) >= 11 is 0. The van der Waals surface area contributed by atoms with E-state index in [1.54, 1.807) is 6.08 Å². The zero-order chi connectivity index (χ0) is 19.7. The van der Waals surface area contributed by atoms with Gasteiger partial charge in [0.1, 0.15) is 6.61 Å². The van der Waals surface area contributed by atoms with Crippen molar-refractivity contribution >= 4 is 5.97 Å². The van der Waals surface area contributed by atoms with Gasteiger partial charge in [0.15, 0.2) is 0 Å². The second-order valence-electron chi connectivity index (χ2n) is 10.2. The molecule has 4 aliphatic carbocycles. The number of hydrogen-bond acceptors (Lipinski definition) is 5. The van der Waals surface area contributed by atoms with Crippen LogP contribution in [0.5, 0.6) is 0 Å². The molecule has 28 heavy (non-hydrogen) atoms. The molecular weight excluding hydrogens is 356 g/mol. The Morgan fingerprint density at radius 3 is 2.75 bits per heavy atom. The summed E-state index contributed by atoms with van der Waals surface area (Å²) in [7, 11) is 0. The molecule has 0 radical (unpaired) electrons. The standard InChI is InChI=1S/C23H32O5/c1-21-7-6-19-16(18(21)3-2-17(21)14-10-20(26)28-12-14)5-9-23(27)11-15(25)4-8-22(19,23)13-24/h3,10,15-17,19,24-25,27H,2,4-9,11-13H2,1H3/t15-,16-,17+,19-,21-,22+,23+/m1/s1. The van der Waals surface area contributed by atoms with Gasteiger partial charge in [0.05, 0.1) is 18.3 Å². The first-order chi connectivity index (χ1) is 13.3. The maximum Gasteiger partial charge on any atom is 0.331 e. The molecule has 3 fully saturated rings. The Bertz CT molecular complexity index is 756. The highest BCUT2D eigenvalue weighted by Gasteiger charge is 2.64. The van der Waals surface area contributed by atoms with Crippen LogP contribution in [0.25, 0.3) is 0 Å². The highest BCUT2D eigenvalue weighted by Crippen LogP contribution is 2.67. The Kier molecular flexibility index (Phi) is 4.15. The molecule has 1 heterocycles. The van der Waals surface area contributed by atoms with Crippen LogP contribution in [0.2, 0.25) is 0 Å². The number of ether oxygens (including phenoxy) is 1. The molecule has 7 atom stereocenters. The number of aliphatic hydroxyl groups is 3. The number of hydrogen-bond donors (Lipinski definition) is 3. The number of aliphatic hydroxyl groups excluding tert-OH is 2. The average Bonchev–Trinajstić information content (AvgIpc) is 3.23. The first-order valence-electron chi connectivity index (χ1n) is 10.9. The van der Waals surface area contributed by atoms with Gasteiger partial charge < -0.3 is 20.1 Å². The largest absolute Gasteiger partial charge is 0.458 e. The maximum atomic E-state index is 11.6. The highest BCUT2D eigenvalue weighted by molar-refractivity contribution is 5.85. The van der Waals surface area contributed by atoms with Crippen LogP contribution in [0.3, 0.4) is 0 Å². The minimum atomic E-state index is -0.957. The van der Waals surface area contributed by atoms with Crippen LogP contribution in [-0.2, 0) is 9.53 Å². The number of cyclic esters (lactones) is 1. The van der Waals surface area contributed by atoms with Crippen LogP contribution in [0.4, 0.5) is 0 Å². The molecule has 3 saturated carbocycles. The van der Waals surface area contributed by atoms with Crippen molar-refractivity contribution in [3.8, 4) is 0 Å². The van der Waals surface area contributed by atoms with Gasteiger partial charge in [0.25, 0.3) is 0 Å². The number of allylic oxidation sites excluding steroid dienone is 2. The Morgan fingerprint density at radius 2 is 2.04 bits per heavy atom. The Morgan fingerprint density at radius 1 is 1.21 bits per heavy atom. The lowest BCUT2D eigenvalue weighted by Crippen LogP contribution is -2.64. The summed E-state index contributed by atoms with van der Waals surface area (Å²) in [5.41, 5.74) is 1.20. The van der Waals surface area contributed by atoms with Crippen molar-refractivity contribution < 1.29 is 24.9 Å². The molecule has 0 aromatic carbocycles. The van der Waals surface area contributed by atoms with Gasteiger partial charge in [0, 0.05) is 17.9 Å². The molecule has 0 saturated heterocycles. The summed E-state index contributed by atoms with van der Waals surface area (Å²) in [6.07, 6.45) is 9.87. The van der Waals surface area contributed by atoms with Crippen LogP contribution < -0.4 is 0 Å². The lowest BCUT2D eigenvalue weighted by molar-refractivity contribution is -0.224. The molecule has 5 nitrogen and oxygen atoms in total. The summed E-state index contributed by atoms with van der Waals surface area (Å²) < 4.78 is 5.19. The fraction of sp³-hybridized carbons (Fsp3) is 0.783. The van der Waals surface area contributed by atoms with E-state index in [2.05, 4.69) is 13.0 Å². The number of esters is 1. The lowest BCUT2D eigenvalue weighted by atomic mass is 9.43. The number of rotatable bonds is 2. The predicted octanol–water partition coefficient (Wildman–Crippen LogP) is 2.50. The SMILES string of the molecule is C[C@]12CC[C@@H]3[C@H](CC[C@]4(O)C[C@H](O)CC[C@]34CO)C1=CC[C@H]2C1=CC(=O)OC1. The molecule has 0 aromatic rings. The minimum absolute atomic E-state index is 0.00168. The Hall–Kier alpha value is -1.17. The Balaban J connectivity index is 1.47. The molecule has 1 aliphatic heterocycles. The van der Waals surface area contributed by atoms with Gasteiger partial charge in [-0.1, -0.05) is 18.6 Å². The molecule has 0 spiro atoms. The van der Waals surface area contributed by atoms with E-state index in [-0.39, 0.29) is 23.9 Å². The van der Waals surface area contributed by atoms with Gasteiger partial charge in [-0.2, -0.15) is 0 Å². The number of fused-ring (bicyclic) bond motifs is 5. The topological polar surface area (TPSA) is 87.0 Å². The van der Waals surface area contributed by atoms with Crippen LogP contribution in [0.1, 0.15) is 58.3 Å². The van der Waals surface area contributed by atoms with E-state index >= 15 is 0 Å². The Labute approximate surface area is 166 Å². The van der Waals surface area contributed by atoms with E-state index in [1.807, 2.05) is 0 Å². The van der Waals surface area contributed by atoms with Crippen molar-refractivity contribution in [2.24, 2.45) is 28.6 Å². The quantitative estimate of drug-likeness (QED) is 0.500. The summed E-state index contributed by atoms with van der Waals surface area (Å²) in [5, 5.41) is 32.2. The first-order valence-corrected chi connectivity index (χ1v) is 10.9. The van der Waals surface area contributed by atoms with Crippen molar-refractivity contribution in [2.45, 2.75) is 70.0 Å². The predicted molar refractivity (Wildman–Crippen MR) is 103 cm³/mol. The van der Waals surface area contributed by atoms with E-state index < -0.39 is 17.1 Å². The second-order valence-corrected chi connectivity index (χ2v) is 10.2. The molecule has 5 heteroatoms. The molecule has 0 bridgehead atoms. The van der Waals surface area contributed by atoms with E-state index in [1.165, 1.54) is 5.57 Å². The normalized spacial score (nSPS) is 50.2. The van der Waals surface area contributed by atoms with Gasteiger partial charge in [-0.3, -0.25) is 0 Å². The average molecular weight is 389 g/mol. The van der Waals surface area contributed by atoms with Crippen molar-refractivity contribution in [1.29, 1.82) is 0 Å². The maximum absolute atomic E-state index is 11.6. The zero-order valence-electron chi connectivity index (χ0n) is 16.7. The monoisotopic (exact) mass is 388 g/mol. The van der Waals surface area contributed by atoms with Crippen molar-refractivity contribution in [3.05, 3.63) is 23.3 Å². The van der Waals surface area contributed by atoms with Crippen molar-refractivity contribution in [3.63, 3.8) is 0 Å². The molecule has 3 N–H and O–H groups in total. The summed E-state index contributed by atoms with van der Waals surface area (Å²) in [4.78, 5) is 11.6. The fourth-order valence-electron chi connectivity index (χ4n) is 7.85. The molecule has 154 valence electrons. The van der Waals surface area contributed by atoms with Crippen LogP contribution >= 0.6 is 0 Å². The van der Waals surface area contributed by atoms with Gasteiger partial charge in [-0.15, -0.1) is 0 Å². The fourth-order valence-corrected chi connectivity index (χ4v) is 7.85. The van der Waals surface area contributed by atoms with E-state index in [0.29, 0.717) is 44.1 Å². The van der Waals surface area contributed by atoms with Gasteiger partial charge in [-0.25, -0.2) is 4.79 Å². The van der Waals surface area contributed by atoms with Crippen LogP contribution in [0, 0.1) is 28.6 Å². The summed E-state index contributed by atoms with van der Waals surface area (Å²) in [6.45, 7) is 2.76. The molecule has 0 amide bonds. The highest BCUT2D eigenvalue weighted by atomic mass is 16.5. The first kappa shape index (κ1) is 18.8. The van der Waals surface area contributed by atoms with E-state index in [0.717, 1.165) is 31.3 Å². The van der Waals surface area contributed by atoms with Crippen LogP contribution in [-0.4, -0.2) is 46.2 Å². The minimum Gasteiger partial charge on any atom is -0.458 e. The third-order valence-corrected chi connectivity index (χ3v) is 9.28.